The van der Waals surface area contributed by atoms with Crippen molar-refractivity contribution in [2.45, 2.75) is 27.2 Å². The van der Waals surface area contributed by atoms with Crippen LogP contribution in [0.15, 0.2) is 12.1 Å². The molecule has 0 unspecified atom stereocenters. The van der Waals surface area contributed by atoms with Crippen LogP contribution in [0.2, 0.25) is 10.0 Å². The van der Waals surface area contributed by atoms with E-state index in [1.807, 2.05) is 6.07 Å². The lowest BCUT2D eigenvalue weighted by Gasteiger charge is -2.26. The molecule has 0 spiro atoms. The summed E-state index contributed by atoms with van der Waals surface area (Å²) in [5, 5.41) is 1.67. The number of carbonyl (C=O) groups is 1. The molecule has 0 bridgehead atoms. The van der Waals surface area contributed by atoms with Gasteiger partial charge in [0.2, 0.25) is 5.95 Å². The minimum absolute atomic E-state index is 0.00608. The highest BCUT2D eigenvalue weighted by atomic mass is 35.5. The van der Waals surface area contributed by atoms with Crippen molar-refractivity contribution in [2.75, 3.05) is 25.9 Å². The van der Waals surface area contributed by atoms with Gasteiger partial charge in [-0.2, -0.15) is 0 Å². The van der Waals surface area contributed by atoms with Crippen molar-refractivity contribution in [3.05, 3.63) is 32.6 Å². The second kappa shape index (κ2) is 7.55. The Balaban J connectivity index is 1.86. The van der Waals surface area contributed by atoms with E-state index in [0.717, 1.165) is 16.5 Å². The predicted molar refractivity (Wildman–Crippen MR) is 123 cm³/mol. The van der Waals surface area contributed by atoms with Crippen LogP contribution in [0, 0.1) is 5.41 Å². The van der Waals surface area contributed by atoms with Crippen LogP contribution in [0.1, 0.15) is 36.0 Å². The molecule has 1 aliphatic rings. The Labute approximate surface area is 189 Å². The first-order valence-electron chi connectivity index (χ1n) is 9.52. The molecule has 1 amide bonds. The quantitative estimate of drug-likeness (QED) is 0.568. The van der Waals surface area contributed by atoms with Gasteiger partial charge in [0.1, 0.15) is 10.6 Å². The number of halogens is 2. The van der Waals surface area contributed by atoms with E-state index in [9.17, 15) is 4.79 Å². The van der Waals surface area contributed by atoms with Crippen LogP contribution in [0.4, 0.5) is 5.95 Å². The van der Waals surface area contributed by atoms with E-state index in [1.165, 1.54) is 11.3 Å². The van der Waals surface area contributed by atoms with Gasteiger partial charge in [-0.05, 0) is 17.5 Å². The molecule has 0 saturated heterocycles. The van der Waals surface area contributed by atoms with Gasteiger partial charge in [0, 0.05) is 36.5 Å². The van der Waals surface area contributed by atoms with Gasteiger partial charge in [0.25, 0.3) is 5.91 Å². The molecule has 30 heavy (non-hydrogen) atoms. The molecule has 0 aliphatic carbocycles. The van der Waals surface area contributed by atoms with Gasteiger partial charge in [-0.15, -0.1) is 11.3 Å². The number of carbonyl (C=O) groups excluding carboxylic acids is 1. The predicted octanol–water partition coefficient (Wildman–Crippen LogP) is 5.30. The fraction of sp³-hybridized carbons (Fsp3) is 0.381. The van der Waals surface area contributed by atoms with Crippen molar-refractivity contribution in [1.82, 2.24) is 14.9 Å². The fourth-order valence-corrected chi connectivity index (χ4v) is 5.44. The third-order valence-electron chi connectivity index (χ3n) is 4.80. The van der Waals surface area contributed by atoms with Crippen LogP contribution in [0.3, 0.4) is 0 Å². The van der Waals surface area contributed by atoms with Crippen molar-refractivity contribution in [1.29, 1.82) is 0 Å². The first kappa shape index (κ1) is 21.2. The summed E-state index contributed by atoms with van der Waals surface area (Å²) in [5.41, 5.74) is 8.22. The van der Waals surface area contributed by atoms with Crippen LogP contribution < -0.4 is 10.5 Å². The van der Waals surface area contributed by atoms with Crippen molar-refractivity contribution in [2.24, 2.45) is 5.41 Å². The van der Waals surface area contributed by atoms with Gasteiger partial charge < -0.3 is 15.4 Å². The van der Waals surface area contributed by atoms with Crippen LogP contribution in [0.25, 0.3) is 21.5 Å². The maximum atomic E-state index is 13.0. The number of nitrogens with two attached hydrogens (primary N) is 1. The van der Waals surface area contributed by atoms with Crippen LogP contribution in [-0.4, -0.2) is 41.0 Å². The summed E-state index contributed by atoms with van der Waals surface area (Å²) in [7, 11) is 1.80. The van der Waals surface area contributed by atoms with Gasteiger partial charge in [-0.25, -0.2) is 9.97 Å². The van der Waals surface area contributed by atoms with E-state index in [2.05, 4.69) is 30.7 Å². The van der Waals surface area contributed by atoms with Crippen molar-refractivity contribution in [3.8, 4) is 17.0 Å². The molecule has 1 aliphatic heterocycles. The zero-order valence-electron chi connectivity index (χ0n) is 17.2. The second-order valence-electron chi connectivity index (χ2n) is 8.60. The van der Waals surface area contributed by atoms with E-state index < -0.39 is 0 Å². The van der Waals surface area contributed by atoms with Crippen LogP contribution in [-0.2, 0) is 6.42 Å². The lowest BCUT2D eigenvalue weighted by Crippen LogP contribution is -2.34. The number of anilines is 1. The number of rotatable bonds is 3. The van der Waals surface area contributed by atoms with Crippen LogP contribution >= 0.6 is 34.5 Å². The Kier molecular flexibility index (Phi) is 5.33. The third-order valence-corrected chi connectivity index (χ3v) is 6.40. The SMILES string of the molecule is CN(CC(C)(C)C)C(=O)c1cc2c(-c3c(Cl)cc(Cl)c4c3CCO4)nc(N)nc2s1. The monoisotopic (exact) mass is 464 g/mol. The lowest BCUT2D eigenvalue weighted by molar-refractivity contribution is 0.0750. The maximum Gasteiger partial charge on any atom is 0.263 e. The molecule has 3 heterocycles. The Morgan fingerprint density at radius 3 is 2.70 bits per heavy atom. The minimum atomic E-state index is -0.0618. The third kappa shape index (κ3) is 3.82. The number of thiophene rings is 1. The molecule has 6 nitrogen and oxygen atoms in total. The first-order valence-corrected chi connectivity index (χ1v) is 11.1. The molecule has 1 aromatic carbocycles. The van der Waals surface area contributed by atoms with Crippen molar-refractivity contribution in [3.63, 3.8) is 0 Å². The lowest BCUT2D eigenvalue weighted by atomic mass is 9.96. The Bertz CT molecular complexity index is 1170. The summed E-state index contributed by atoms with van der Waals surface area (Å²) in [6.07, 6.45) is 0.667. The molecule has 158 valence electrons. The second-order valence-corrected chi connectivity index (χ2v) is 10.4. The topological polar surface area (TPSA) is 81.3 Å². The molecule has 0 saturated carbocycles. The summed E-state index contributed by atoms with van der Waals surface area (Å²) in [6, 6.07) is 3.48. The molecule has 3 aromatic rings. The molecule has 2 N–H and O–H groups in total. The molecular formula is C21H22Cl2N4O2S. The maximum absolute atomic E-state index is 13.0. The average Bonchev–Trinajstić information content (AvgIpc) is 3.26. The summed E-state index contributed by atoms with van der Waals surface area (Å²) < 4.78 is 5.69. The zero-order valence-corrected chi connectivity index (χ0v) is 19.5. The number of nitrogen functional groups attached to an aromatic ring is 1. The molecule has 0 radical (unpaired) electrons. The minimum Gasteiger partial charge on any atom is -0.491 e. The summed E-state index contributed by atoms with van der Waals surface area (Å²) >= 11 is 14.2. The number of nitrogens with zero attached hydrogens (tertiary/aromatic N) is 3. The number of aromatic nitrogens is 2. The smallest absolute Gasteiger partial charge is 0.263 e. The van der Waals surface area contributed by atoms with Gasteiger partial charge >= 0.3 is 0 Å². The largest absolute Gasteiger partial charge is 0.491 e. The highest BCUT2D eigenvalue weighted by Crippen LogP contribution is 2.46. The number of ether oxygens (including phenoxy) is 1. The highest BCUT2D eigenvalue weighted by molar-refractivity contribution is 7.20. The summed E-state index contributed by atoms with van der Waals surface area (Å²) in [4.78, 5) is 24.8. The summed E-state index contributed by atoms with van der Waals surface area (Å²) in [6.45, 7) is 7.44. The Hall–Kier alpha value is -2.09. The van der Waals surface area contributed by atoms with Gasteiger partial charge in [0.15, 0.2) is 0 Å². The molecule has 4 rings (SSSR count). The Morgan fingerprint density at radius 1 is 1.27 bits per heavy atom. The van der Waals surface area contributed by atoms with Gasteiger partial charge in [0.05, 0.1) is 27.2 Å². The van der Waals surface area contributed by atoms with E-state index in [4.69, 9.17) is 33.7 Å². The normalized spacial score (nSPS) is 13.4. The molecular weight excluding hydrogens is 443 g/mol. The van der Waals surface area contributed by atoms with E-state index in [1.54, 1.807) is 18.0 Å². The number of fused-ring (bicyclic) bond motifs is 2. The van der Waals surface area contributed by atoms with Crippen molar-refractivity contribution >= 4 is 56.6 Å². The molecule has 0 atom stereocenters. The first-order chi connectivity index (χ1) is 14.0. The fourth-order valence-electron chi connectivity index (χ4n) is 3.76. The van der Waals surface area contributed by atoms with Gasteiger partial charge in [-0.1, -0.05) is 44.0 Å². The summed E-state index contributed by atoms with van der Waals surface area (Å²) in [5.74, 6) is 0.686. The molecule has 0 fully saturated rings. The van der Waals surface area contributed by atoms with E-state index in [-0.39, 0.29) is 17.3 Å². The highest BCUT2D eigenvalue weighted by Gasteiger charge is 2.27. The van der Waals surface area contributed by atoms with E-state index >= 15 is 0 Å². The number of amides is 1. The van der Waals surface area contributed by atoms with E-state index in [0.29, 0.717) is 50.8 Å². The average molecular weight is 465 g/mol. The molecule has 2 aromatic heterocycles. The van der Waals surface area contributed by atoms with Crippen molar-refractivity contribution < 1.29 is 9.53 Å². The number of hydrogen-bond donors (Lipinski definition) is 1. The standard InChI is InChI=1S/C21H22Cl2N4O2S/c1-21(2,3)9-27(4)19(28)14-7-11-16(25-20(24)26-18(11)30-14)15-10-5-6-29-17(10)13(23)8-12(15)22/h7-8H,5-6,9H2,1-4H3,(H2,24,25,26). The number of hydrogen-bond acceptors (Lipinski definition) is 6. The molecule has 9 heteroatoms. The Morgan fingerprint density at radius 2 is 2.00 bits per heavy atom. The van der Waals surface area contributed by atoms with Crippen LogP contribution in [0.5, 0.6) is 5.75 Å². The number of benzene rings is 1. The zero-order chi connectivity index (χ0) is 21.8. The van der Waals surface area contributed by atoms with Gasteiger partial charge in [-0.3, -0.25) is 4.79 Å².